The lowest BCUT2D eigenvalue weighted by Gasteiger charge is -1.81. The maximum atomic E-state index is 7.93. The first-order chi connectivity index (χ1) is 4.83. The quantitative estimate of drug-likeness (QED) is 0.341. The number of nitrogens with zero attached hydrogens (tertiary/aromatic N) is 6. The molecule has 6 heteroatoms. The Hall–Kier alpha value is -1.55. The molecule has 0 atom stereocenters. The highest BCUT2D eigenvalue weighted by molar-refractivity contribution is 4.79. The van der Waals surface area contributed by atoms with Gasteiger partial charge in [-0.15, -0.1) is 0 Å². The Bertz CT molecular complexity index is 256. The second kappa shape index (κ2) is 2.84. The van der Waals surface area contributed by atoms with Gasteiger partial charge in [-0.1, -0.05) is 5.11 Å². The first-order valence-corrected chi connectivity index (χ1v) is 2.68. The van der Waals surface area contributed by atoms with Crippen molar-refractivity contribution >= 4 is 0 Å². The van der Waals surface area contributed by atoms with Crippen LogP contribution in [0.2, 0.25) is 0 Å². The van der Waals surface area contributed by atoms with Gasteiger partial charge in [0.2, 0.25) is 0 Å². The lowest BCUT2D eigenvalue weighted by molar-refractivity contribution is 0.742. The Kier molecular flexibility index (Phi) is 1.86. The Balaban J connectivity index is 2.66. The zero-order valence-corrected chi connectivity index (χ0v) is 5.47. The van der Waals surface area contributed by atoms with E-state index in [1.807, 2.05) is 0 Å². The maximum absolute atomic E-state index is 7.93. The third-order valence-corrected chi connectivity index (χ3v) is 0.922. The van der Waals surface area contributed by atoms with E-state index in [0.29, 0.717) is 5.82 Å². The van der Waals surface area contributed by atoms with E-state index in [-0.39, 0.29) is 6.54 Å². The summed E-state index contributed by atoms with van der Waals surface area (Å²) in [4.78, 5) is 6.42. The van der Waals surface area contributed by atoms with Crippen molar-refractivity contribution in [3.8, 4) is 0 Å². The van der Waals surface area contributed by atoms with Gasteiger partial charge in [-0.3, -0.25) is 4.68 Å². The van der Waals surface area contributed by atoms with Crippen LogP contribution in [0.4, 0.5) is 0 Å². The van der Waals surface area contributed by atoms with Crippen molar-refractivity contribution < 1.29 is 0 Å². The molecule has 0 aromatic carbocycles. The van der Waals surface area contributed by atoms with Crippen LogP contribution in [0.15, 0.2) is 11.4 Å². The Morgan fingerprint density at radius 2 is 2.70 bits per heavy atom. The Morgan fingerprint density at radius 3 is 3.20 bits per heavy atom. The molecule has 0 unspecified atom stereocenters. The van der Waals surface area contributed by atoms with Crippen LogP contribution in [0.1, 0.15) is 5.82 Å². The van der Waals surface area contributed by atoms with E-state index in [4.69, 9.17) is 5.53 Å². The molecule has 10 heavy (non-hydrogen) atoms. The summed E-state index contributed by atoms with van der Waals surface area (Å²) in [6.45, 7) is 0.220. The van der Waals surface area contributed by atoms with Crippen molar-refractivity contribution in [2.45, 2.75) is 6.54 Å². The van der Waals surface area contributed by atoms with E-state index in [1.54, 1.807) is 18.1 Å². The Morgan fingerprint density at radius 1 is 1.90 bits per heavy atom. The van der Waals surface area contributed by atoms with Gasteiger partial charge in [0, 0.05) is 12.0 Å². The fraction of sp³-hybridized carbons (Fsp3) is 0.500. The zero-order valence-electron chi connectivity index (χ0n) is 5.47. The summed E-state index contributed by atoms with van der Waals surface area (Å²) in [5.74, 6) is 0.542. The maximum Gasteiger partial charge on any atom is 0.156 e. The number of hydrogen-bond donors (Lipinski definition) is 0. The monoisotopic (exact) mass is 138 g/mol. The van der Waals surface area contributed by atoms with Crippen molar-refractivity contribution in [3.05, 3.63) is 22.6 Å². The van der Waals surface area contributed by atoms with Crippen molar-refractivity contribution in [2.24, 2.45) is 12.2 Å². The second-order valence-electron chi connectivity index (χ2n) is 1.72. The van der Waals surface area contributed by atoms with E-state index < -0.39 is 0 Å². The number of rotatable bonds is 2. The smallest absolute Gasteiger partial charge is 0.156 e. The minimum atomic E-state index is 0.220. The average molecular weight is 138 g/mol. The number of aromatic nitrogens is 3. The van der Waals surface area contributed by atoms with E-state index in [9.17, 15) is 0 Å². The predicted octanol–water partition coefficient (Wildman–Crippen LogP) is 0.625. The minimum absolute atomic E-state index is 0.220. The fourth-order valence-electron chi connectivity index (χ4n) is 0.551. The van der Waals surface area contributed by atoms with Crippen molar-refractivity contribution in [1.82, 2.24) is 14.8 Å². The standard InChI is InChI=1S/C4H6N6/c1-10-3-6-4(8-10)2-7-9-5/h3H,2H2,1H3. The van der Waals surface area contributed by atoms with Gasteiger partial charge in [0.25, 0.3) is 0 Å². The Labute approximate surface area is 57.1 Å². The summed E-state index contributed by atoms with van der Waals surface area (Å²) in [5.41, 5.74) is 7.93. The highest BCUT2D eigenvalue weighted by Crippen LogP contribution is 1.89. The molecule has 0 radical (unpaired) electrons. The van der Waals surface area contributed by atoms with Crippen LogP contribution < -0.4 is 0 Å². The lowest BCUT2D eigenvalue weighted by Crippen LogP contribution is -1.89. The van der Waals surface area contributed by atoms with Crippen molar-refractivity contribution in [3.63, 3.8) is 0 Å². The molecule has 1 aromatic rings. The van der Waals surface area contributed by atoms with Crippen LogP contribution in [-0.4, -0.2) is 14.8 Å². The highest BCUT2D eigenvalue weighted by Gasteiger charge is 1.93. The average Bonchev–Trinajstić information content (AvgIpc) is 2.31. The summed E-state index contributed by atoms with van der Waals surface area (Å²) in [7, 11) is 1.76. The van der Waals surface area contributed by atoms with Gasteiger partial charge in [-0.25, -0.2) is 4.98 Å². The normalized spacial score (nSPS) is 8.90. The van der Waals surface area contributed by atoms with E-state index in [0.717, 1.165) is 0 Å². The van der Waals surface area contributed by atoms with Crippen LogP contribution in [0.25, 0.3) is 10.4 Å². The summed E-state index contributed by atoms with van der Waals surface area (Å²) >= 11 is 0. The molecule has 0 saturated carbocycles. The van der Waals surface area contributed by atoms with Crippen LogP contribution in [0, 0.1) is 0 Å². The third kappa shape index (κ3) is 1.46. The second-order valence-corrected chi connectivity index (χ2v) is 1.72. The van der Waals surface area contributed by atoms with Gasteiger partial charge in [-0.2, -0.15) is 5.10 Å². The number of hydrogen-bond acceptors (Lipinski definition) is 3. The molecule has 0 amide bonds. The van der Waals surface area contributed by atoms with Crippen LogP contribution in [0.5, 0.6) is 0 Å². The summed E-state index contributed by atoms with van der Waals surface area (Å²) in [6.07, 6.45) is 1.56. The molecular weight excluding hydrogens is 132 g/mol. The van der Waals surface area contributed by atoms with E-state index in [1.165, 1.54) is 0 Å². The van der Waals surface area contributed by atoms with Gasteiger partial charge in [0.05, 0.1) is 6.54 Å². The molecule has 0 aliphatic carbocycles. The molecule has 0 saturated heterocycles. The van der Waals surface area contributed by atoms with Crippen LogP contribution in [-0.2, 0) is 13.6 Å². The molecule has 6 nitrogen and oxygen atoms in total. The SMILES string of the molecule is Cn1cnc(CN=[N+]=[N-])n1. The minimum Gasteiger partial charge on any atom is -0.256 e. The third-order valence-electron chi connectivity index (χ3n) is 0.922. The van der Waals surface area contributed by atoms with E-state index in [2.05, 4.69) is 20.1 Å². The molecule has 0 aliphatic heterocycles. The number of azide groups is 1. The first-order valence-electron chi connectivity index (χ1n) is 2.68. The molecule has 0 aliphatic rings. The van der Waals surface area contributed by atoms with Crippen molar-refractivity contribution in [1.29, 1.82) is 0 Å². The molecule has 1 rings (SSSR count). The van der Waals surface area contributed by atoms with Gasteiger partial charge >= 0.3 is 0 Å². The van der Waals surface area contributed by atoms with Gasteiger partial charge in [-0.05, 0) is 5.53 Å². The lowest BCUT2D eigenvalue weighted by atomic mass is 10.6. The highest BCUT2D eigenvalue weighted by atomic mass is 15.3. The largest absolute Gasteiger partial charge is 0.256 e. The van der Waals surface area contributed by atoms with Crippen molar-refractivity contribution in [2.75, 3.05) is 0 Å². The molecule has 1 aromatic heterocycles. The zero-order chi connectivity index (χ0) is 7.40. The molecular formula is C4H6N6. The summed E-state index contributed by atoms with van der Waals surface area (Å²) in [5, 5.41) is 7.19. The molecule has 1 heterocycles. The van der Waals surface area contributed by atoms with Crippen LogP contribution in [0.3, 0.4) is 0 Å². The molecule has 0 bridgehead atoms. The fourth-order valence-corrected chi connectivity index (χ4v) is 0.551. The molecule has 0 spiro atoms. The molecule has 0 N–H and O–H groups in total. The summed E-state index contributed by atoms with van der Waals surface area (Å²) < 4.78 is 1.56. The van der Waals surface area contributed by atoms with E-state index >= 15 is 0 Å². The van der Waals surface area contributed by atoms with Gasteiger partial charge in [0.15, 0.2) is 5.82 Å². The molecule has 0 fully saturated rings. The summed E-state index contributed by atoms with van der Waals surface area (Å²) in [6, 6.07) is 0. The van der Waals surface area contributed by atoms with Gasteiger partial charge < -0.3 is 0 Å². The number of aryl methyl sites for hydroxylation is 1. The van der Waals surface area contributed by atoms with Crippen LogP contribution >= 0.6 is 0 Å². The topological polar surface area (TPSA) is 79.5 Å². The first kappa shape index (κ1) is 6.57. The molecule has 52 valence electrons. The predicted molar refractivity (Wildman–Crippen MR) is 33.9 cm³/mol. The van der Waals surface area contributed by atoms with Gasteiger partial charge in [0.1, 0.15) is 6.33 Å².